The van der Waals surface area contributed by atoms with Gasteiger partial charge >= 0.3 is 6.03 Å². The molecule has 3 rings (SSSR count). The smallest absolute Gasteiger partial charge is 0.308 e. The van der Waals surface area contributed by atoms with Crippen LogP contribution in [0, 0.1) is 5.82 Å². The van der Waals surface area contributed by atoms with Gasteiger partial charge in [0.05, 0.1) is 11.9 Å². The highest BCUT2D eigenvalue weighted by Gasteiger charge is 2.31. The minimum absolute atomic E-state index is 0.160. The second-order valence-electron chi connectivity index (χ2n) is 8.01. The summed E-state index contributed by atoms with van der Waals surface area (Å²) in [6, 6.07) is 7.13. The molecule has 0 aliphatic carbocycles. The zero-order valence-corrected chi connectivity index (χ0v) is 19.3. The van der Waals surface area contributed by atoms with E-state index in [9.17, 15) is 17.6 Å². The highest BCUT2D eigenvalue weighted by atomic mass is 32.2. The molecule has 0 spiro atoms. The average Bonchev–Trinajstić information content (AvgIpc) is 2.73. The number of hydrogen-bond donors (Lipinski definition) is 2. The van der Waals surface area contributed by atoms with E-state index < -0.39 is 22.1 Å². The van der Waals surface area contributed by atoms with Crippen LogP contribution in [0.2, 0.25) is 0 Å². The highest BCUT2D eigenvalue weighted by molar-refractivity contribution is 7.86. The highest BCUT2D eigenvalue weighted by Crippen LogP contribution is 2.22. The fourth-order valence-electron chi connectivity index (χ4n) is 3.72. The van der Waals surface area contributed by atoms with E-state index >= 15 is 0 Å². The number of carbonyl (C=O) groups is 1. The molecule has 2 aromatic rings. The minimum Gasteiger partial charge on any atom is -0.308 e. The lowest BCUT2D eigenvalue weighted by atomic mass is 10.0. The topological polar surface area (TPSA) is 97.9 Å². The number of carbonyl (C=O) groups excluding carboxylic acids is 1. The van der Waals surface area contributed by atoms with Crippen LogP contribution in [-0.2, 0) is 16.8 Å². The first-order valence-electron chi connectivity index (χ1n) is 10.3. The molecule has 2 amide bonds. The maximum atomic E-state index is 14.2. The lowest BCUT2D eigenvalue weighted by Gasteiger charge is -2.37. The number of aromatic nitrogens is 1. The normalized spacial score (nSPS) is 17.5. The van der Waals surface area contributed by atoms with E-state index in [4.69, 9.17) is 0 Å². The van der Waals surface area contributed by atoms with E-state index in [0.29, 0.717) is 30.0 Å². The van der Waals surface area contributed by atoms with Crippen molar-refractivity contribution in [1.29, 1.82) is 0 Å². The van der Waals surface area contributed by atoms with Crippen LogP contribution in [0.4, 0.5) is 20.6 Å². The number of piperidine rings is 1. The van der Waals surface area contributed by atoms with Gasteiger partial charge in [0.1, 0.15) is 5.82 Å². The summed E-state index contributed by atoms with van der Waals surface area (Å²) in [5.74, 6) is -0.458. The third-order valence-corrected chi connectivity index (χ3v) is 7.31. The predicted octanol–water partition coefficient (Wildman–Crippen LogP) is 2.57. The number of nitrogens with zero attached hydrogens (tertiary/aromatic N) is 4. The van der Waals surface area contributed by atoms with E-state index in [1.807, 2.05) is 0 Å². The van der Waals surface area contributed by atoms with Crippen LogP contribution in [0.3, 0.4) is 0 Å². The number of likely N-dealkylation sites (N-methyl/N-ethyl adjacent to an activating group) is 1. The molecule has 0 saturated carbocycles. The first kappa shape index (κ1) is 24.1. The molecule has 1 aliphatic rings. The lowest BCUT2D eigenvalue weighted by molar-refractivity contribution is 0.150. The summed E-state index contributed by atoms with van der Waals surface area (Å²) in [5, 5.41) is 5.28. The van der Waals surface area contributed by atoms with Gasteiger partial charge in [-0.25, -0.2) is 9.18 Å². The van der Waals surface area contributed by atoms with Gasteiger partial charge in [0.15, 0.2) is 0 Å². The number of anilines is 2. The Labute approximate surface area is 188 Å². The quantitative estimate of drug-likeness (QED) is 0.656. The van der Waals surface area contributed by atoms with Gasteiger partial charge in [-0.15, -0.1) is 0 Å². The number of amides is 2. The van der Waals surface area contributed by atoms with Crippen molar-refractivity contribution in [3.8, 4) is 0 Å². The first-order chi connectivity index (χ1) is 15.1. The maximum absolute atomic E-state index is 14.2. The first-order valence-corrected chi connectivity index (χ1v) is 11.7. The number of rotatable bonds is 7. The maximum Gasteiger partial charge on any atom is 0.323 e. The number of pyridine rings is 1. The molecule has 1 saturated heterocycles. The van der Waals surface area contributed by atoms with Crippen molar-refractivity contribution >= 4 is 27.6 Å². The Kier molecular flexibility index (Phi) is 7.77. The molecule has 1 fully saturated rings. The van der Waals surface area contributed by atoms with E-state index in [-0.39, 0.29) is 6.04 Å². The molecule has 2 N–H and O–H groups in total. The molecule has 1 aromatic heterocycles. The lowest BCUT2D eigenvalue weighted by Crippen LogP contribution is -2.50. The van der Waals surface area contributed by atoms with Crippen molar-refractivity contribution in [2.24, 2.45) is 0 Å². The van der Waals surface area contributed by atoms with Crippen LogP contribution >= 0.6 is 0 Å². The summed E-state index contributed by atoms with van der Waals surface area (Å²) in [6.07, 6.45) is 4.72. The standard InChI is InChI=1S/C21H29FN6O3S/c1-26(2)32(30,31)27(3)20-7-5-9-28(15-20)14-16-10-17(22)12-19(11-16)25-21(29)24-18-6-4-8-23-13-18/h4,6,8,10-13,20H,5,7,9,14-15H2,1-3H3,(H2,24,25,29)/t20-/m0/s1. The number of halogens is 1. The molecule has 9 nitrogen and oxygen atoms in total. The zero-order valence-electron chi connectivity index (χ0n) is 18.5. The SMILES string of the molecule is CN(C)S(=O)(=O)N(C)[C@H]1CCCN(Cc2cc(F)cc(NC(=O)Nc3cccnc3)c2)C1. The molecule has 32 heavy (non-hydrogen) atoms. The summed E-state index contributed by atoms with van der Waals surface area (Å²) >= 11 is 0. The van der Waals surface area contributed by atoms with E-state index in [2.05, 4.69) is 20.5 Å². The molecule has 174 valence electrons. The summed E-state index contributed by atoms with van der Waals surface area (Å²) in [7, 11) is 1.11. The van der Waals surface area contributed by atoms with Gasteiger partial charge < -0.3 is 10.6 Å². The van der Waals surface area contributed by atoms with Crippen LogP contribution in [0.25, 0.3) is 0 Å². The Balaban J connectivity index is 1.64. The van der Waals surface area contributed by atoms with Crippen LogP contribution in [0.5, 0.6) is 0 Å². The van der Waals surface area contributed by atoms with Crippen molar-refractivity contribution < 1.29 is 17.6 Å². The van der Waals surface area contributed by atoms with Gasteiger partial charge in [0, 0.05) is 52.2 Å². The number of nitrogens with one attached hydrogen (secondary N) is 2. The van der Waals surface area contributed by atoms with Crippen molar-refractivity contribution in [3.05, 3.63) is 54.1 Å². The third kappa shape index (κ3) is 6.22. The molecular formula is C21H29FN6O3S. The Bertz CT molecular complexity index is 1040. The fourth-order valence-corrected chi connectivity index (χ4v) is 4.78. The molecule has 0 unspecified atom stereocenters. The number of hydrogen-bond acceptors (Lipinski definition) is 5. The number of urea groups is 1. The van der Waals surface area contributed by atoms with Gasteiger partial charge in [-0.05, 0) is 55.3 Å². The van der Waals surface area contributed by atoms with E-state index in [1.54, 1.807) is 31.4 Å². The molecule has 0 radical (unpaired) electrons. The molecule has 11 heteroatoms. The largest absolute Gasteiger partial charge is 0.323 e. The number of likely N-dealkylation sites (tertiary alicyclic amines) is 1. The second kappa shape index (κ2) is 10.3. The van der Waals surface area contributed by atoms with Crippen LogP contribution < -0.4 is 10.6 Å². The Morgan fingerprint density at radius 3 is 2.66 bits per heavy atom. The Morgan fingerprint density at radius 2 is 1.97 bits per heavy atom. The van der Waals surface area contributed by atoms with E-state index in [0.717, 1.165) is 19.4 Å². The Morgan fingerprint density at radius 1 is 1.22 bits per heavy atom. The summed E-state index contributed by atoms with van der Waals surface area (Å²) < 4.78 is 41.7. The molecule has 1 aromatic carbocycles. The molecule has 0 bridgehead atoms. The predicted molar refractivity (Wildman–Crippen MR) is 122 cm³/mol. The van der Waals surface area contributed by atoms with Crippen molar-refractivity contribution in [3.63, 3.8) is 0 Å². The molecule has 2 heterocycles. The monoisotopic (exact) mass is 464 g/mol. The van der Waals surface area contributed by atoms with Crippen molar-refractivity contribution in [2.45, 2.75) is 25.4 Å². The van der Waals surface area contributed by atoms with Gasteiger partial charge in [0.25, 0.3) is 10.2 Å². The van der Waals surface area contributed by atoms with Gasteiger partial charge in [-0.1, -0.05) is 0 Å². The van der Waals surface area contributed by atoms with Gasteiger partial charge in [0.2, 0.25) is 0 Å². The van der Waals surface area contributed by atoms with Gasteiger partial charge in [-0.2, -0.15) is 17.0 Å². The zero-order chi connectivity index (χ0) is 23.3. The van der Waals surface area contributed by atoms with Crippen LogP contribution in [0.15, 0.2) is 42.7 Å². The molecule has 1 aliphatic heterocycles. The Hall–Kier alpha value is -2.60. The van der Waals surface area contributed by atoms with Crippen LogP contribution in [0.1, 0.15) is 18.4 Å². The average molecular weight is 465 g/mol. The minimum atomic E-state index is -3.50. The van der Waals surface area contributed by atoms with Crippen LogP contribution in [-0.4, -0.2) is 73.2 Å². The molecule has 1 atom stereocenters. The van der Waals surface area contributed by atoms with Crippen molar-refractivity contribution in [2.75, 3.05) is 44.9 Å². The summed E-state index contributed by atoms with van der Waals surface area (Å²) in [5.41, 5.74) is 1.56. The van der Waals surface area contributed by atoms with E-state index in [1.165, 1.54) is 41.0 Å². The van der Waals surface area contributed by atoms with Crippen molar-refractivity contribution in [1.82, 2.24) is 18.5 Å². The second-order valence-corrected chi connectivity index (χ2v) is 10.2. The third-order valence-electron chi connectivity index (χ3n) is 5.36. The fraction of sp³-hybridized carbons (Fsp3) is 0.429. The summed E-state index contributed by atoms with van der Waals surface area (Å²) in [6.45, 7) is 1.78. The van der Waals surface area contributed by atoms with Gasteiger partial charge in [-0.3, -0.25) is 9.88 Å². The number of benzene rings is 1. The molecular weight excluding hydrogens is 435 g/mol. The summed E-state index contributed by atoms with van der Waals surface area (Å²) in [4.78, 5) is 18.2.